The summed E-state index contributed by atoms with van der Waals surface area (Å²) < 4.78 is 23.8. The summed E-state index contributed by atoms with van der Waals surface area (Å²) in [5.74, 6) is 0.938. The second-order valence-corrected chi connectivity index (χ2v) is 10.6. The van der Waals surface area contributed by atoms with Crippen LogP contribution in [0.5, 0.6) is 28.9 Å². The third-order valence-electron chi connectivity index (χ3n) is 7.14. The van der Waals surface area contributed by atoms with Gasteiger partial charge in [0.2, 0.25) is 5.88 Å². The van der Waals surface area contributed by atoms with Crippen molar-refractivity contribution < 1.29 is 34.0 Å². The van der Waals surface area contributed by atoms with E-state index in [4.69, 9.17) is 30.5 Å². The Balaban J connectivity index is 1.33. The molecule has 0 radical (unpaired) electrons. The summed E-state index contributed by atoms with van der Waals surface area (Å²) in [6.07, 6.45) is 4.42. The first kappa shape index (κ1) is 30.5. The van der Waals surface area contributed by atoms with Crippen LogP contribution < -0.4 is 24.3 Å². The van der Waals surface area contributed by atoms with E-state index < -0.39 is 18.6 Å². The molecule has 1 aliphatic rings. The molecule has 0 bridgehead atoms. The summed E-state index contributed by atoms with van der Waals surface area (Å²) in [6, 6.07) is 17.0. The van der Waals surface area contributed by atoms with Crippen molar-refractivity contribution >= 4 is 28.5 Å². The first-order chi connectivity index (χ1) is 22.4. The number of aromatic nitrogens is 3. The number of pyridine rings is 1. The smallest absolute Gasteiger partial charge is 0.323 e. The number of rotatable bonds is 11. The topological polar surface area (TPSA) is 169 Å². The number of para-hydroxylation sites is 1. The van der Waals surface area contributed by atoms with Gasteiger partial charge in [-0.2, -0.15) is 5.26 Å². The van der Waals surface area contributed by atoms with Crippen LogP contribution in [0.1, 0.15) is 16.7 Å². The standard InChI is InChI=1S/C33H26ClN5O7/c34-25-9-22(15-37-26(16-40)33(41)42)28(45-17-20-8-19(12-35)13-36-14-20)11-29(25)46-32-24-3-1-2-23(31(24)38-18-39-32)21-4-5-27-30(10-21)44-7-6-43-27/h1-5,8-11,13-14,18,26,37,40H,6-7,15-17H2,(H,41,42)/t26-/m0/s1. The maximum Gasteiger partial charge on any atom is 0.323 e. The van der Waals surface area contributed by atoms with Crippen LogP contribution in [0.15, 0.2) is 73.3 Å². The molecule has 0 amide bonds. The van der Waals surface area contributed by atoms with Gasteiger partial charge in [0.25, 0.3) is 0 Å². The minimum Gasteiger partial charge on any atom is -0.488 e. The number of aliphatic carboxylic acids is 1. The fraction of sp³-hybridized carbons (Fsp3) is 0.182. The molecule has 0 fully saturated rings. The summed E-state index contributed by atoms with van der Waals surface area (Å²) in [7, 11) is 0. The first-order valence-corrected chi connectivity index (χ1v) is 14.5. The molecule has 1 aliphatic heterocycles. The number of carbonyl (C=O) groups is 1. The Bertz CT molecular complexity index is 1970. The molecule has 5 aromatic rings. The maximum atomic E-state index is 11.5. The summed E-state index contributed by atoms with van der Waals surface area (Å²) in [5, 5.41) is 31.7. The molecule has 3 heterocycles. The van der Waals surface area contributed by atoms with E-state index in [1.165, 1.54) is 12.5 Å². The van der Waals surface area contributed by atoms with Crippen LogP contribution in [0.4, 0.5) is 0 Å². The van der Waals surface area contributed by atoms with Crippen LogP contribution in [-0.4, -0.2) is 57.0 Å². The molecule has 12 nitrogen and oxygen atoms in total. The monoisotopic (exact) mass is 639 g/mol. The number of ether oxygens (including phenoxy) is 4. The van der Waals surface area contributed by atoms with Gasteiger partial charge < -0.3 is 29.2 Å². The van der Waals surface area contributed by atoms with E-state index in [-0.39, 0.29) is 29.8 Å². The number of carboxylic acid groups (broad SMARTS) is 1. The van der Waals surface area contributed by atoms with Crippen molar-refractivity contribution in [3.05, 3.63) is 95.0 Å². The number of aliphatic hydroxyl groups is 1. The molecule has 0 aliphatic carbocycles. The number of carboxylic acids is 1. The lowest BCUT2D eigenvalue weighted by Crippen LogP contribution is -2.39. The summed E-state index contributed by atoms with van der Waals surface area (Å²) in [4.78, 5) is 24.4. The second kappa shape index (κ2) is 13.7. The van der Waals surface area contributed by atoms with Crippen LogP contribution >= 0.6 is 11.6 Å². The van der Waals surface area contributed by atoms with Gasteiger partial charge in [0.15, 0.2) is 17.2 Å². The number of nitrogens with one attached hydrogen (secondary N) is 1. The minimum absolute atomic E-state index is 0.0126. The van der Waals surface area contributed by atoms with Gasteiger partial charge in [0, 0.05) is 41.7 Å². The number of nitrogens with zero attached hydrogens (tertiary/aromatic N) is 4. The van der Waals surface area contributed by atoms with Gasteiger partial charge in [0.05, 0.1) is 28.1 Å². The lowest BCUT2D eigenvalue weighted by Gasteiger charge is -2.19. The van der Waals surface area contributed by atoms with E-state index in [0.29, 0.717) is 58.1 Å². The Morgan fingerprint density at radius 3 is 2.72 bits per heavy atom. The van der Waals surface area contributed by atoms with Gasteiger partial charge in [-0.3, -0.25) is 15.1 Å². The number of aliphatic hydroxyl groups excluding tert-OH is 1. The maximum absolute atomic E-state index is 11.5. The van der Waals surface area contributed by atoms with Gasteiger partial charge >= 0.3 is 5.97 Å². The van der Waals surface area contributed by atoms with Crippen LogP contribution in [0.3, 0.4) is 0 Å². The Morgan fingerprint density at radius 2 is 1.91 bits per heavy atom. The van der Waals surface area contributed by atoms with Crippen LogP contribution in [-0.2, 0) is 17.9 Å². The number of hydrogen-bond acceptors (Lipinski definition) is 11. The number of nitriles is 1. The Labute approximate surface area is 267 Å². The molecule has 2 aromatic heterocycles. The Kier molecular flexibility index (Phi) is 9.07. The molecular weight excluding hydrogens is 614 g/mol. The highest BCUT2D eigenvalue weighted by molar-refractivity contribution is 6.32. The summed E-state index contributed by atoms with van der Waals surface area (Å²) in [6.45, 7) is 0.422. The van der Waals surface area contributed by atoms with E-state index in [2.05, 4.69) is 20.3 Å². The number of fused-ring (bicyclic) bond motifs is 2. The molecule has 3 aromatic carbocycles. The van der Waals surface area contributed by atoms with Gasteiger partial charge in [0.1, 0.15) is 44.0 Å². The molecule has 0 saturated carbocycles. The highest BCUT2D eigenvalue weighted by Gasteiger charge is 2.20. The van der Waals surface area contributed by atoms with Crippen molar-refractivity contribution in [1.82, 2.24) is 20.3 Å². The molecule has 46 heavy (non-hydrogen) atoms. The Morgan fingerprint density at radius 1 is 1.07 bits per heavy atom. The molecule has 3 N–H and O–H groups in total. The van der Waals surface area contributed by atoms with E-state index in [1.807, 2.05) is 42.5 Å². The zero-order valence-corrected chi connectivity index (χ0v) is 24.9. The van der Waals surface area contributed by atoms with Crippen LogP contribution in [0.2, 0.25) is 5.02 Å². The van der Waals surface area contributed by atoms with Gasteiger partial charge in [-0.1, -0.05) is 29.8 Å². The van der Waals surface area contributed by atoms with Crippen molar-refractivity contribution in [3.8, 4) is 46.1 Å². The van der Waals surface area contributed by atoms with Crippen molar-refractivity contribution in [1.29, 1.82) is 5.26 Å². The third kappa shape index (κ3) is 6.62. The Hall–Kier alpha value is -5.48. The van der Waals surface area contributed by atoms with Crippen molar-refractivity contribution in [3.63, 3.8) is 0 Å². The number of benzene rings is 3. The largest absolute Gasteiger partial charge is 0.488 e. The van der Waals surface area contributed by atoms with E-state index in [9.17, 15) is 20.3 Å². The van der Waals surface area contributed by atoms with Crippen molar-refractivity contribution in [2.75, 3.05) is 19.8 Å². The molecule has 6 rings (SSSR count). The molecule has 13 heteroatoms. The SMILES string of the molecule is N#Cc1cncc(COc2cc(Oc3ncnc4c(-c5ccc6c(c5)OCCO6)cccc34)c(Cl)cc2CN[C@@H](CO)C(=O)O)c1. The molecule has 0 saturated heterocycles. The van der Waals surface area contributed by atoms with E-state index >= 15 is 0 Å². The average molecular weight is 640 g/mol. The number of hydrogen-bond donors (Lipinski definition) is 3. The minimum atomic E-state index is -1.21. The second-order valence-electron chi connectivity index (χ2n) is 10.2. The predicted molar refractivity (Wildman–Crippen MR) is 166 cm³/mol. The zero-order valence-electron chi connectivity index (χ0n) is 24.1. The molecule has 1 atom stereocenters. The highest BCUT2D eigenvalue weighted by Crippen LogP contribution is 2.40. The van der Waals surface area contributed by atoms with Gasteiger partial charge in [-0.25, -0.2) is 9.97 Å². The lowest BCUT2D eigenvalue weighted by molar-refractivity contribution is -0.140. The molecular formula is C33H26ClN5O7. The average Bonchev–Trinajstić information content (AvgIpc) is 3.08. The van der Waals surface area contributed by atoms with Crippen molar-refractivity contribution in [2.24, 2.45) is 0 Å². The summed E-state index contributed by atoms with van der Waals surface area (Å²) >= 11 is 6.68. The fourth-order valence-corrected chi connectivity index (χ4v) is 5.10. The first-order valence-electron chi connectivity index (χ1n) is 14.1. The molecule has 0 spiro atoms. The fourth-order valence-electron chi connectivity index (χ4n) is 4.87. The summed E-state index contributed by atoms with van der Waals surface area (Å²) in [5.41, 5.74) is 3.89. The molecule has 232 valence electrons. The lowest BCUT2D eigenvalue weighted by atomic mass is 10.0. The third-order valence-corrected chi connectivity index (χ3v) is 7.44. The normalized spacial score (nSPS) is 12.7. The van der Waals surface area contributed by atoms with Crippen molar-refractivity contribution in [2.45, 2.75) is 19.2 Å². The van der Waals surface area contributed by atoms with Crippen LogP contribution in [0, 0.1) is 11.3 Å². The quantitative estimate of drug-likeness (QED) is 0.179. The van der Waals surface area contributed by atoms with E-state index in [0.717, 1.165) is 11.1 Å². The van der Waals surface area contributed by atoms with E-state index in [1.54, 1.807) is 24.4 Å². The zero-order chi connectivity index (χ0) is 32.0. The van der Waals surface area contributed by atoms with Gasteiger partial charge in [-0.15, -0.1) is 0 Å². The highest BCUT2D eigenvalue weighted by atomic mass is 35.5. The van der Waals surface area contributed by atoms with Gasteiger partial charge in [-0.05, 0) is 35.9 Å². The predicted octanol–water partition coefficient (Wildman–Crippen LogP) is 4.89. The molecule has 0 unspecified atom stereocenters. The van der Waals surface area contributed by atoms with Crippen LogP contribution in [0.25, 0.3) is 22.0 Å². The number of halogens is 1.